The molecule has 9 nitrogen and oxygen atoms in total. The van der Waals surface area contributed by atoms with E-state index in [0.29, 0.717) is 0 Å². The number of nitrogens with zero attached hydrogens (tertiary/aromatic N) is 1. The summed E-state index contributed by atoms with van der Waals surface area (Å²) in [7, 11) is 1.41. The lowest BCUT2D eigenvalue weighted by Crippen LogP contribution is -2.41. The zero-order chi connectivity index (χ0) is 18.1. The molecule has 0 radical (unpaired) electrons. The molecule has 1 saturated heterocycles. The summed E-state index contributed by atoms with van der Waals surface area (Å²) in [6.45, 7) is 0.134. The van der Waals surface area contributed by atoms with Crippen molar-refractivity contribution in [3.05, 3.63) is 33.1 Å². The van der Waals surface area contributed by atoms with Gasteiger partial charge in [-0.1, -0.05) is 25.7 Å². The Bertz CT molecular complexity index is 735. The first-order valence-electron chi connectivity index (χ1n) is 7.40. The summed E-state index contributed by atoms with van der Waals surface area (Å²) >= 11 is 5.07. The van der Waals surface area contributed by atoms with Crippen LogP contribution in [0.5, 0.6) is 0 Å². The molecule has 5 atom stereocenters. The van der Waals surface area contributed by atoms with Crippen LogP contribution in [0.3, 0.4) is 0 Å². The highest BCUT2D eigenvalue weighted by Gasteiger charge is 2.47. The molecular weight excluding hydrogens is 357 g/mol. The van der Waals surface area contributed by atoms with E-state index in [1.54, 1.807) is 13.8 Å². The lowest BCUT2D eigenvalue weighted by molar-refractivity contribution is -0.192. The van der Waals surface area contributed by atoms with Gasteiger partial charge in [0.25, 0.3) is 5.56 Å². The van der Waals surface area contributed by atoms with Crippen LogP contribution in [-0.2, 0) is 25.8 Å². The highest BCUT2D eigenvalue weighted by atomic mass is 32.5. The summed E-state index contributed by atoms with van der Waals surface area (Å²) in [5, 5.41) is 0. The van der Waals surface area contributed by atoms with Gasteiger partial charge in [-0.05, 0) is 12.2 Å². The third kappa shape index (κ3) is 3.85. The number of hydrogen-bond donors (Lipinski definition) is 2. The van der Waals surface area contributed by atoms with Gasteiger partial charge in [-0.15, -0.1) is 0 Å². The number of nitrogens with one attached hydrogen (secondary N) is 1. The first kappa shape index (κ1) is 19.5. The number of hydrogen-bond acceptors (Lipinski definition) is 8. The zero-order valence-corrected chi connectivity index (χ0v) is 15.3. The SMILES string of the molecule is COC1[C@@H](OP([O-])(=S)C(C)C)[C@@H](CN)O[C@H]1n1ccc(=O)[nH]c1=O. The van der Waals surface area contributed by atoms with Crippen LogP contribution in [0.1, 0.15) is 20.1 Å². The van der Waals surface area contributed by atoms with E-state index in [0.717, 1.165) is 0 Å². The molecule has 1 aromatic heterocycles. The van der Waals surface area contributed by atoms with Gasteiger partial charge in [-0.3, -0.25) is 14.3 Å². The maximum atomic E-state index is 12.5. The summed E-state index contributed by atoms with van der Waals surface area (Å²) in [5.74, 6) is 0. The highest BCUT2D eigenvalue weighted by molar-refractivity contribution is 8.09. The number of methoxy groups -OCH3 is 1. The molecule has 1 aliphatic rings. The number of rotatable bonds is 6. The second kappa shape index (κ2) is 7.57. The van der Waals surface area contributed by atoms with Crippen molar-refractivity contribution >= 4 is 18.3 Å². The number of aromatic nitrogens is 2. The third-order valence-corrected chi connectivity index (χ3v) is 7.14. The van der Waals surface area contributed by atoms with E-state index in [1.807, 2.05) is 0 Å². The predicted octanol–water partition coefficient (Wildman–Crippen LogP) is -1.13. The Morgan fingerprint density at radius 3 is 2.67 bits per heavy atom. The predicted molar refractivity (Wildman–Crippen MR) is 89.4 cm³/mol. The molecule has 0 spiro atoms. The Labute approximate surface area is 143 Å². The van der Waals surface area contributed by atoms with Gasteiger partial charge in [0.15, 0.2) is 6.23 Å². The molecule has 2 heterocycles. The molecular formula is C13H21N3O6PS-. The normalized spacial score (nSPS) is 29.8. The lowest BCUT2D eigenvalue weighted by Gasteiger charge is -2.37. The molecule has 1 fully saturated rings. The molecule has 3 N–H and O–H groups in total. The Kier molecular flexibility index (Phi) is 6.14. The van der Waals surface area contributed by atoms with Crippen LogP contribution in [0.2, 0.25) is 0 Å². The van der Waals surface area contributed by atoms with Crippen LogP contribution < -0.4 is 21.9 Å². The van der Waals surface area contributed by atoms with Gasteiger partial charge in [-0.25, -0.2) is 4.79 Å². The van der Waals surface area contributed by atoms with E-state index in [2.05, 4.69) is 4.98 Å². The fourth-order valence-electron chi connectivity index (χ4n) is 2.42. The highest BCUT2D eigenvalue weighted by Crippen LogP contribution is 2.48. The fraction of sp³-hybridized carbons (Fsp3) is 0.692. The van der Waals surface area contributed by atoms with Gasteiger partial charge < -0.3 is 24.6 Å². The van der Waals surface area contributed by atoms with Crippen LogP contribution >= 0.6 is 6.49 Å². The van der Waals surface area contributed by atoms with Crippen LogP contribution in [0.4, 0.5) is 0 Å². The molecule has 0 saturated carbocycles. The molecule has 0 aromatic carbocycles. The van der Waals surface area contributed by atoms with E-state index in [9.17, 15) is 14.5 Å². The van der Waals surface area contributed by atoms with Crippen LogP contribution in [0.15, 0.2) is 21.9 Å². The monoisotopic (exact) mass is 378 g/mol. The second-order valence-corrected chi connectivity index (χ2v) is 9.57. The largest absolute Gasteiger partial charge is 0.800 e. The zero-order valence-electron chi connectivity index (χ0n) is 13.6. The minimum Gasteiger partial charge on any atom is -0.800 e. The Morgan fingerprint density at radius 1 is 1.50 bits per heavy atom. The summed E-state index contributed by atoms with van der Waals surface area (Å²) < 4.78 is 18.0. The smallest absolute Gasteiger partial charge is 0.330 e. The van der Waals surface area contributed by atoms with E-state index in [-0.39, 0.29) is 12.2 Å². The Hall–Kier alpha value is -0.870. The first-order chi connectivity index (χ1) is 11.2. The van der Waals surface area contributed by atoms with E-state index < -0.39 is 42.3 Å². The standard InChI is InChI=1S/C13H22N3O6PS/c1-7(2)23(19,24)22-10-8(6-14)21-12(11(10)20-3)16-5-4-9(17)15-13(16)18/h4-5,7-8,10-12H,6,14H2,1-3H3,(H,19,24)(H,15,17,18)/p-1/t8-,10+,11?,12-,23?/m1/s1. The number of aromatic amines is 1. The topological polar surface area (TPSA) is 132 Å². The molecule has 11 heteroatoms. The van der Waals surface area contributed by atoms with Gasteiger partial charge in [0.05, 0.1) is 0 Å². The summed E-state index contributed by atoms with van der Waals surface area (Å²) in [6, 6.07) is 1.19. The number of H-pyrrole nitrogens is 1. The summed E-state index contributed by atoms with van der Waals surface area (Å²) in [4.78, 5) is 37.8. The van der Waals surface area contributed by atoms with E-state index >= 15 is 0 Å². The second-order valence-electron chi connectivity index (χ2n) is 5.72. The van der Waals surface area contributed by atoms with E-state index in [4.69, 9.17) is 31.5 Å². The summed E-state index contributed by atoms with van der Waals surface area (Å²) in [6.07, 6.45) is -1.82. The molecule has 0 aliphatic carbocycles. The molecule has 136 valence electrons. The van der Waals surface area contributed by atoms with Crippen molar-refractivity contribution in [1.82, 2.24) is 9.55 Å². The molecule has 2 unspecified atom stereocenters. The van der Waals surface area contributed by atoms with Crippen LogP contribution in [0.25, 0.3) is 0 Å². The van der Waals surface area contributed by atoms with Gasteiger partial charge in [0, 0.05) is 25.9 Å². The van der Waals surface area contributed by atoms with Crippen molar-refractivity contribution in [3.63, 3.8) is 0 Å². The Morgan fingerprint density at radius 2 is 2.17 bits per heavy atom. The van der Waals surface area contributed by atoms with E-state index in [1.165, 1.54) is 23.9 Å². The minimum atomic E-state index is -3.33. The quantitative estimate of drug-likeness (QED) is 0.595. The van der Waals surface area contributed by atoms with Gasteiger partial charge in [-0.2, -0.15) is 0 Å². The first-order valence-corrected chi connectivity index (χ1v) is 10.1. The average Bonchev–Trinajstić information content (AvgIpc) is 2.83. The average molecular weight is 378 g/mol. The fourth-order valence-corrected chi connectivity index (χ4v) is 3.56. The maximum absolute atomic E-state index is 12.5. The maximum Gasteiger partial charge on any atom is 0.330 e. The molecule has 24 heavy (non-hydrogen) atoms. The van der Waals surface area contributed by atoms with Crippen LogP contribution in [0, 0.1) is 0 Å². The number of ether oxygens (including phenoxy) is 2. The molecule has 0 amide bonds. The van der Waals surface area contributed by atoms with Gasteiger partial charge in [0.1, 0.15) is 18.3 Å². The van der Waals surface area contributed by atoms with Crippen molar-refractivity contribution in [1.29, 1.82) is 0 Å². The molecule has 2 rings (SSSR count). The van der Waals surface area contributed by atoms with Crippen molar-refractivity contribution in [2.75, 3.05) is 13.7 Å². The summed E-state index contributed by atoms with van der Waals surface area (Å²) in [5.41, 5.74) is 4.16. The third-order valence-electron chi connectivity index (χ3n) is 3.82. The van der Waals surface area contributed by atoms with Gasteiger partial charge >= 0.3 is 5.69 Å². The molecule has 1 aliphatic heterocycles. The van der Waals surface area contributed by atoms with Crippen molar-refractivity contribution in [2.45, 2.75) is 44.0 Å². The minimum absolute atomic E-state index is 0.0621. The number of nitrogens with two attached hydrogens (primary N) is 1. The van der Waals surface area contributed by atoms with Crippen molar-refractivity contribution in [2.24, 2.45) is 5.73 Å². The van der Waals surface area contributed by atoms with Crippen LogP contribution in [-0.4, -0.2) is 47.2 Å². The Balaban J connectivity index is 2.37. The van der Waals surface area contributed by atoms with Crippen molar-refractivity contribution < 1.29 is 18.9 Å². The van der Waals surface area contributed by atoms with Gasteiger partial charge in [0.2, 0.25) is 0 Å². The van der Waals surface area contributed by atoms with Crippen molar-refractivity contribution in [3.8, 4) is 0 Å². The molecule has 0 bridgehead atoms. The molecule has 1 aromatic rings. The lowest BCUT2D eigenvalue weighted by atomic mass is 10.1.